The van der Waals surface area contributed by atoms with Crippen LogP contribution in [0.15, 0.2) is 24.3 Å². The van der Waals surface area contributed by atoms with E-state index in [0.717, 1.165) is 44.8 Å². The van der Waals surface area contributed by atoms with Crippen LogP contribution >= 0.6 is 0 Å². The first kappa shape index (κ1) is 12.9. The molecule has 0 atom stereocenters. The Hall–Kier alpha value is -1.06. The van der Waals surface area contributed by atoms with Crippen LogP contribution in [-0.4, -0.2) is 32.3 Å². The molecule has 1 heterocycles. The molecule has 0 spiro atoms. The van der Waals surface area contributed by atoms with E-state index in [4.69, 9.17) is 4.74 Å². The second-order valence-corrected chi connectivity index (χ2v) is 5.92. The lowest BCUT2D eigenvalue weighted by Gasteiger charge is -2.33. The van der Waals surface area contributed by atoms with E-state index in [0.29, 0.717) is 0 Å². The van der Waals surface area contributed by atoms with Crippen molar-refractivity contribution < 1.29 is 4.74 Å². The molecule has 1 N–H and O–H groups in total. The first-order valence-corrected chi connectivity index (χ1v) is 7.46. The summed E-state index contributed by atoms with van der Waals surface area (Å²) in [5.74, 6) is 0.918. The van der Waals surface area contributed by atoms with E-state index in [1.165, 1.54) is 24.1 Å². The molecule has 1 aliphatic carbocycles. The van der Waals surface area contributed by atoms with Crippen molar-refractivity contribution in [3.63, 3.8) is 0 Å². The molecule has 1 saturated carbocycles. The summed E-state index contributed by atoms with van der Waals surface area (Å²) >= 11 is 0. The molecule has 3 heteroatoms. The minimum absolute atomic E-state index is 0.744. The lowest BCUT2D eigenvalue weighted by Crippen LogP contribution is -2.39. The zero-order chi connectivity index (χ0) is 13.1. The lowest BCUT2D eigenvalue weighted by atomic mass is 9.82. The standard InChI is InChI=1S/C16H24N2O/c1-13-10-15(11-13)17-12-14-2-4-16(5-3-14)18-6-8-19-9-7-18/h2-5,13,15,17H,6-12H2,1H3. The van der Waals surface area contributed by atoms with Crippen molar-refractivity contribution in [3.8, 4) is 0 Å². The number of rotatable bonds is 4. The molecular formula is C16H24N2O. The molecule has 0 bridgehead atoms. The predicted molar refractivity (Wildman–Crippen MR) is 78.5 cm³/mol. The maximum absolute atomic E-state index is 5.39. The van der Waals surface area contributed by atoms with Crippen molar-refractivity contribution in [2.75, 3.05) is 31.2 Å². The number of nitrogens with one attached hydrogen (secondary N) is 1. The average Bonchev–Trinajstić information content (AvgIpc) is 2.44. The number of nitrogens with zero attached hydrogens (tertiary/aromatic N) is 1. The largest absolute Gasteiger partial charge is 0.378 e. The molecule has 2 aliphatic rings. The fourth-order valence-electron chi connectivity index (χ4n) is 2.98. The quantitative estimate of drug-likeness (QED) is 0.900. The van der Waals surface area contributed by atoms with Crippen LogP contribution in [0, 0.1) is 5.92 Å². The molecule has 0 aromatic heterocycles. The highest BCUT2D eigenvalue weighted by Crippen LogP contribution is 2.26. The molecule has 0 unspecified atom stereocenters. The van der Waals surface area contributed by atoms with E-state index in [-0.39, 0.29) is 0 Å². The third kappa shape index (κ3) is 3.28. The zero-order valence-corrected chi connectivity index (χ0v) is 11.8. The number of anilines is 1. The summed E-state index contributed by atoms with van der Waals surface area (Å²) in [6.07, 6.45) is 2.68. The molecule has 1 aliphatic heterocycles. The van der Waals surface area contributed by atoms with Crippen LogP contribution in [0.2, 0.25) is 0 Å². The molecule has 1 aromatic rings. The van der Waals surface area contributed by atoms with Gasteiger partial charge in [-0.3, -0.25) is 0 Å². The molecule has 0 amide bonds. The average molecular weight is 260 g/mol. The molecule has 3 nitrogen and oxygen atoms in total. The molecule has 1 aromatic carbocycles. The number of hydrogen-bond donors (Lipinski definition) is 1. The minimum atomic E-state index is 0.744. The highest BCUT2D eigenvalue weighted by molar-refractivity contribution is 5.47. The van der Waals surface area contributed by atoms with Gasteiger partial charge in [-0.1, -0.05) is 19.1 Å². The molecular weight excluding hydrogens is 236 g/mol. The Balaban J connectivity index is 1.50. The topological polar surface area (TPSA) is 24.5 Å². The van der Waals surface area contributed by atoms with Gasteiger partial charge >= 0.3 is 0 Å². The third-order valence-corrected chi connectivity index (χ3v) is 4.28. The fourth-order valence-corrected chi connectivity index (χ4v) is 2.98. The molecule has 19 heavy (non-hydrogen) atoms. The van der Waals surface area contributed by atoms with Gasteiger partial charge in [0.1, 0.15) is 0 Å². The summed E-state index contributed by atoms with van der Waals surface area (Å²) in [4.78, 5) is 2.40. The van der Waals surface area contributed by atoms with Crippen molar-refractivity contribution in [2.45, 2.75) is 32.4 Å². The molecule has 0 radical (unpaired) electrons. The number of morpholine rings is 1. The summed E-state index contributed by atoms with van der Waals surface area (Å²) in [6.45, 7) is 7.05. The van der Waals surface area contributed by atoms with Gasteiger partial charge in [0.25, 0.3) is 0 Å². The molecule has 1 saturated heterocycles. The Labute approximate surface area is 115 Å². The van der Waals surface area contributed by atoms with Crippen molar-refractivity contribution in [1.29, 1.82) is 0 Å². The van der Waals surface area contributed by atoms with Gasteiger partial charge in [-0.2, -0.15) is 0 Å². The van der Waals surface area contributed by atoms with E-state index in [2.05, 4.69) is 41.4 Å². The zero-order valence-electron chi connectivity index (χ0n) is 11.8. The van der Waals surface area contributed by atoms with Gasteiger partial charge in [-0.15, -0.1) is 0 Å². The number of hydrogen-bond acceptors (Lipinski definition) is 3. The SMILES string of the molecule is CC1CC(NCc2ccc(N3CCOCC3)cc2)C1. The van der Waals surface area contributed by atoms with Crippen LogP contribution in [0.25, 0.3) is 0 Å². The summed E-state index contributed by atoms with van der Waals surface area (Å²) in [7, 11) is 0. The first-order valence-electron chi connectivity index (χ1n) is 7.46. The Morgan fingerprint density at radius 1 is 1.16 bits per heavy atom. The predicted octanol–water partition coefficient (Wildman–Crippen LogP) is 2.41. The second kappa shape index (κ2) is 5.93. The third-order valence-electron chi connectivity index (χ3n) is 4.28. The monoisotopic (exact) mass is 260 g/mol. The van der Waals surface area contributed by atoms with Crippen LogP contribution in [0.3, 0.4) is 0 Å². The van der Waals surface area contributed by atoms with Gasteiger partial charge in [0.15, 0.2) is 0 Å². The van der Waals surface area contributed by atoms with Gasteiger partial charge in [0, 0.05) is 31.4 Å². The van der Waals surface area contributed by atoms with Crippen molar-refractivity contribution >= 4 is 5.69 Å². The normalized spacial score (nSPS) is 27.1. The Morgan fingerprint density at radius 2 is 1.84 bits per heavy atom. The maximum Gasteiger partial charge on any atom is 0.0642 e. The number of ether oxygens (including phenoxy) is 1. The van der Waals surface area contributed by atoms with Crippen molar-refractivity contribution in [1.82, 2.24) is 5.32 Å². The van der Waals surface area contributed by atoms with Gasteiger partial charge in [0.05, 0.1) is 13.2 Å². The van der Waals surface area contributed by atoms with Crippen LogP contribution in [0.4, 0.5) is 5.69 Å². The second-order valence-electron chi connectivity index (χ2n) is 5.92. The van der Waals surface area contributed by atoms with E-state index in [9.17, 15) is 0 Å². The van der Waals surface area contributed by atoms with E-state index in [1.54, 1.807) is 0 Å². The number of benzene rings is 1. The fraction of sp³-hybridized carbons (Fsp3) is 0.625. The van der Waals surface area contributed by atoms with E-state index >= 15 is 0 Å². The van der Waals surface area contributed by atoms with E-state index < -0.39 is 0 Å². The Morgan fingerprint density at radius 3 is 2.47 bits per heavy atom. The van der Waals surface area contributed by atoms with Crippen LogP contribution in [-0.2, 0) is 11.3 Å². The van der Waals surface area contributed by atoms with Gasteiger partial charge < -0.3 is 15.0 Å². The summed E-state index contributed by atoms with van der Waals surface area (Å²) in [5.41, 5.74) is 2.71. The highest BCUT2D eigenvalue weighted by Gasteiger charge is 2.24. The highest BCUT2D eigenvalue weighted by atomic mass is 16.5. The molecule has 104 valence electrons. The summed E-state index contributed by atoms with van der Waals surface area (Å²) < 4.78 is 5.39. The Kier molecular flexibility index (Phi) is 4.04. The first-order chi connectivity index (χ1) is 9.31. The maximum atomic E-state index is 5.39. The minimum Gasteiger partial charge on any atom is -0.378 e. The van der Waals surface area contributed by atoms with Gasteiger partial charge in [-0.25, -0.2) is 0 Å². The lowest BCUT2D eigenvalue weighted by molar-refractivity contribution is 0.122. The summed E-state index contributed by atoms with van der Waals surface area (Å²) in [6, 6.07) is 9.73. The van der Waals surface area contributed by atoms with Gasteiger partial charge in [-0.05, 0) is 36.5 Å². The molecule has 2 fully saturated rings. The van der Waals surface area contributed by atoms with Crippen LogP contribution in [0.1, 0.15) is 25.3 Å². The molecule has 3 rings (SSSR count). The van der Waals surface area contributed by atoms with Gasteiger partial charge in [0.2, 0.25) is 0 Å². The van der Waals surface area contributed by atoms with Crippen molar-refractivity contribution in [3.05, 3.63) is 29.8 Å². The summed E-state index contributed by atoms with van der Waals surface area (Å²) in [5, 5.41) is 3.63. The van der Waals surface area contributed by atoms with Crippen LogP contribution < -0.4 is 10.2 Å². The smallest absolute Gasteiger partial charge is 0.0642 e. The van der Waals surface area contributed by atoms with Crippen molar-refractivity contribution in [2.24, 2.45) is 5.92 Å². The van der Waals surface area contributed by atoms with E-state index in [1.807, 2.05) is 0 Å². The van der Waals surface area contributed by atoms with Crippen LogP contribution in [0.5, 0.6) is 0 Å². The Bertz CT molecular complexity index is 392.